The molecule has 0 bridgehead atoms. The van der Waals surface area contributed by atoms with Gasteiger partial charge in [0.05, 0.1) is 19.6 Å². The van der Waals surface area contributed by atoms with Gasteiger partial charge in [0.2, 0.25) is 15.9 Å². The van der Waals surface area contributed by atoms with Gasteiger partial charge in [-0.25, -0.2) is 8.42 Å². The summed E-state index contributed by atoms with van der Waals surface area (Å²) in [4.78, 5) is 18.7. The summed E-state index contributed by atoms with van der Waals surface area (Å²) in [6, 6.07) is 7.99. The second kappa shape index (κ2) is 12.9. The van der Waals surface area contributed by atoms with Crippen molar-refractivity contribution in [3.63, 3.8) is 0 Å². The van der Waals surface area contributed by atoms with Crippen molar-refractivity contribution in [2.75, 3.05) is 26.7 Å². The minimum absolute atomic E-state index is 0.0497. The molecule has 2 aromatic rings. The second-order valence-electron chi connectivity index (χ2n) is 10.8. The number of hydrogen-bond acceptors (Lipinski definition) is 6. The highest BCUT2D eigenvalue weighted by molar-refractivity contribution is 7.89. The SMILES string of the molecule is C[C@@H]1CN([C@@H](C)CO)S(=O)(=O)c2ccc(C#CC3CCCCC3)cc2OC1CN(C)C(=O)Cc1ccncc1. The third kappa shape index (κ3) is 7.18. The van der Waals surface area contributed by atoms with Crippen molar-refractivity contribution in [2.45, 2.75) is 69.4 Å². The number of aromatic nitrogens is 1. The van der Waals surface area contributed by atoms with E-state index in [9.17, 15) is 18.3 Å². The first-order valence-electron chi connectivity index (χ1n) is 13.8. The van der Waals surface area contributed by atoms with Crippen LogP contribution in [0.3, 0.4) is 0 Å². The normalized spacial score (nSPS) is 22.3. The van der Waals surface area contributed by atoms with Gasteiger partial charge in [0.1, 0.15) is 16.7 Å². The summed E-state index contributed by atoms with van der Waals surface area (Å²) in [6.45, 7) is 3.74. The van der Waals surface area contributed by atoms with Crippen molar-refractivity contribution in [3.05, 3.63) is 53.9 Å². The van der Waals surface area contributed by atoms with E-state index in [1.807, 2.05) is 19.1 Å². The number of aliphatic hydroxyl groups excluding tert-OH is 1. The molecular formula is C30H39N3O5S. The molecule has 1 aliphatic heterocycles. The number of benzene rings is 1. The van der Waals surface area contributed by atoms with Gasteiger partial charge in [-0.15, -0.1) is 0 Å². The lowest BCUT2D eigenvalue weighted by Crippen LogP contribution is -2.50. The second-order valence-corrected chi connectivity index (χ2v) is 12.7. The Morgan fingerprint density at radius 2 is 1.92 bits per heavy atom. The average molecular weight is 554 g/mol. The molecule has 1 N–H and O–H groups in total. The van der Waals surface area contributed by atoms with Crippen LogP contribution in [0.15, 0.2) is 47.6 Å². The van der Waals surface area contributed by atoms with E-state index in [1.165, 1.54) is 23.6 Å². The van der Waals surface area contributed by atoms with Crippen molar-refractivity contribution in [1.29, 1.82) is 0 Å². The smallest absolute Gasteiger partial charge is 0.247 e. The summed E-state index contributed by atoms with van der Waals surface area (Å²) in [5.74, 6) is 6.87. The fourth-order valence-corrected chi connectivity index (χ4v) is 6.96. The highest BCUT2D eigenvalue weighted by Crippen LogP contribution is 2.34. The van der Waals surface area contributed by atoms with E-state index in [4.69, 9.17) is 4.74 Å². The maximum atomic E-state index is 13.7. The molecule has 1 aliphatic carbocycles. The van der Waals surface area contributed by atoms with Gasteiger partial charge in [-0.3, -0.25) is 9.78 Å². The molecule has 39 heavy (non-hydrogen) atoms. The highest BCUT2D eigenvalue weighted by Gasteiger charge is 2.38. The molecule has 3 atom stereocenters. The van der Waals surface area contributed by atoms with Crippen molar-refractivity contribution < 1.29 is 23.1 Å². The summed E-state index contributed by atoms with van der Waals surface area (Å²) in [6.07, 6.45) is 8.90. The van der Waals surface area contributed by atoms with Crippen LogP contribution < -0.4 is 4.74 Å². The standard InChI is InChI=1S/C30H39N3O5S/c1-22-19-33(23(2)21-34)39(36,37)29-12-11-25(10-9-24-7-5-4-6-8-24)17-27(29)38-28(22)20-32(3)30(35)18-26-13-15-31-16-14-26/h11-17,22-24,28,34H,4-8,18-21H2,1-3H3/t22-,23+,28?/m1/s1. The summed E-state index contributed by atoms with van der Waals surface area (Å²) < 4.78 is 35.2. The van der Waals surface area contributed by atoms with Crippen LogP contribution in [0, 0.1) is 23.7 Å². The van der Waals surface area contributed by atoms with E-state index in [-0.39, 0.29) is 48.6 Å². The third-order valence-corrected chi connectivity index (χ3v) is 9.70. The van der Waals surface area contributed by atoms with E-state index < -0.39 is 22.2 Å². The molecule has 0 saturated heterocycles. The number of fused-ring (bicyclic) bond motifs is 1. The predicted octanol–water partition coefficient (Wildman–Crippen LogP) is 3.48. The largest absolute Gasteiger partial charge is 0.487 e. The zero-order valence-electron chi connectivity index (χ0n) is 23.0. The lowest BCUT2D eigenvalue weighted by molar-refractivity contribution is -0.130. The molecule has 1 aromatic heterocycles. The van der Waals surface area contributed by atoms with Gasteiger partial charge in [-0.2, -0.15) is 4.31 Å². The van der Waals surface area contributed by atoms with Gasteiger partial charge in [0.15, 0.2) is 0 Å². The van der Waals surface area contributed by atoms with Crippen molar-refractivity contribution in [1.82, 2.24) is 14.2 Å². The Balaban J connectivity index is 1.64. The van der Waals surface area contributed by atoms with E-state index >= 15 is 0 Å². The highest BCUT2D eigenvalue weighted by atomic mass is 32.2. The van der Waals surface area contributed by atoms with Crippen molar-refractivity contribution in [2.24, 2.45) is 11.8 Å². The molecule has 1 fully saturated rings. The Kier molecular flexibility index (Phi) is 9.65. The molecule has 2 heterocycles. The Morgan fingerprint density at radius 1 is 1.21 bits per heavy atom. The van der Waals surface area contributed by atoms with Crippen LogP contribution in [0.4, 0.5) is 0 Å². The number of likely N-dealkylation sites (N-methyl/N-ethyl adjacent to an activating group) is 1. The summed E-state index contributed by atoms with van der Waals surface area (Å²) in [5.41, 5.74) is 1.57. The summed E-state index contributed by atoms with van der Waals surface area (Å²) >= 11 is 0. The minimum atomic E-state index is -3.93. The number of nitrogens with zero attached hydrogens (tertiary/aromatic N) is 3. The molecule has 9 heteroatoms. The zero-order chi connectivity index (χ0) is 28.0. The first-order valence-corrected chi connectivity index (χ1v) is 15.2. The Labute approximate surface area is 232 Å². The third-order valence-electron chi connectivity index (χ3n) is 7.68. The van der Waals surface area contributed by atoms with E-state index in [1.54, 1.807) is 49.5 Å². The molecule has 0 radical (unpaired) electrons. The fraction of sp³-hybridized carbons (Fsp3) is 0.533. The van der Waals surface area contributed by atoms with Crippen molar-refractivity contribution in [3.8, 4) is 17.6 Å². The molecule has 1 saturated carbocycles. The van der Waals surface area contributed by atoms with Crippen LogP contribution in [0.25, 0.3) is 0 Å². The maximum absolute atomic E-state index is 13.7. The van der Waals surface area contributed by atoms with E-state index in [0.717, 1.165) is 18.4 Å². The van der Waals surface area contributed by atoms with Crippen LogP contribution in [0.5, 0.6) is 5.75 Å². The molecular weight excluding hydrogens is 514 g/mol. The van der Waals surface area contributed by atoms with Gasteiger partial charge in [0.25, 0.3) is 0 Å². The van der Waals surface area contributed by atoms with Gasteiger partial charge in [-0.05, 0) is 55.7 Å². The molecule has 210 valence electrons. The first-order chi connectivity index (χ1) is 18.7. The molecule has 1 unspecified atom stereocenters. The fourth-order valence-electron chi connectivity index (χ4n) is 5.14. The number of carbonyl (C=O) groups excluding carboxylic acids is 1. The number of hydrogen-bond donors (Lipinski definition) is 1. The topological polar surface area (TPSA) is 100 Å². The van der Waals surface area contributed by atoms with Gasteiger partial charge in [-0.1, -0.05) is 38.0 Å². The number of carbonyl (C=O) groups is 1. The molecule has 1 aromatic carbocycles. The van der Waals surface area contributed by atoms with Crippen LogP contribution in [0.2, 0.25) is 0 Å². The maximum Gasteiger partial charge on any atom is 0.247 e. The number of aliphatic hydroxyl groups is 1. The predicted molar refractivity (Wildman–Crippen MR) is 149 cm³/mol. The van der Waals surface area contributed by atoms with Gasteiger partial charge < -0.3 is 14.7 Å². The monoisotopic (exact) mass is 553 g/mol. The van der Waals surface area contributed by atoms with E-state index in [0.29, 0.717) is 11.5 Å². The number of sulfonamides is 1. The number of rotatable bonds is 6. The Hall–Kier alpha value is -2.93. The van der Waals surface area contributed by atoms with Crippen LogP contribution in [0.1, 0.15) is 57.1 Å². The minimum Gasteiger partial charge on any atom is -0.487 e. The lowest BCUT2D eigenvalue weighted by Gasteiger charge is -2.37. The zero-order valence-corrected chi connectivity index (χ0v) is 23.9. The van der Waals surface area contributed by atoms with Crippen LogP contribution >= 0.6 is 0 Å². The van der Waals surface area contributed by atoms with Crippen molar-refractivity contribution >= 4 is 15.9 Å². The Bertz CT molecular complexity index is 1300. The molecule has 4 rings (SSSR count). The number of pyridine rings is 1. The molecule has 8 nitrogen and oxygen atoms in total. The molecule has 1 amide bonds. The first kappa shape index (κ1) is 29.1. The summed E-state index contributed by atoms with van der Waals surface area (Å²) in [7, 11) is -2.20. The van der Waals surface area contributed by atoms with Gasteiger partial charge >= 0.3 is 0 Å². The Morgan fingerprint density at radius 3 is 2.62 bits per heavy atom. The lowest BCUT2D eigenvalue weighted by atomic mass is 9.90. The average Bonchev–Trinajstić information content (AvgIpc) is 2.94. The van der Waals surface area contributed by atoms with Crippen LogP contribution in [-0.2, 0) is 21.2 Å². The van der Waals surface area contributed by atoms with Gasteiger partial charge in [0, 0.05) is 49.4 Å². The molecule has 0 spiro atoms. The summed E-state index contributed by atoms with van der Waals surface area (Å²) in [5, 5.41) is 9.86. The number of amides is 1. The van der Waals surface area contributed by atoms with Crippen LogP contribution in [-0.4, -0.2) is 72.5 Å². The number of ether oxygens (including phenoxy) is 1. The molecule has 2 aliphatic rings. The quantitative estimate of drug-likeness (QED) is 0.550. The van der Waals surface area contributed by atoms with E-state index in [2.05, 4.69) is 16.8 Å².